The maximum Gasteiger partial charge on any atom is 0.337 e. The third-order valence-corrected chi connectivity index (χ3v) is 7.66. The topological polar surface area (TPSA) is 110 Å². The molecular weight excluding hydrogens is 562 g/mol. The Hall–Kier alpha value is -4.94. The summed E-state index contributed by atoms with van der Waals surface area (Å²) in [5.41, 5.74) is 4.49. The van der Waals surface area contributed by atoms with Crippen LogP contribution in [0, 0.1) is 18.3 Å². The van der Waals surface area contributed by atoms with Crippen molar-refractivity contribution in [3.63, 3.8) is 0 Å². The van der Waals surface area contributed by atoms with E-state index < -0.39 is 11.9 Å². The molecule has 220 valence electrons. The van der Waals surface area contributed by atoms with Gasteiger partial charge in [-0.3, -0.25) is 4.79 Å². The van der Waals surface area contributed by atoms with Crippen molar-refractivity contribution in [3.8, 4) is 17.6 Å². The monoisotopic (exact) mass is 595 g/mol. The maximum atomic E-state index is 13.3. The number of esters is 1. The lowest BCUT2D eigenvalue weighted by molar-refractivity contribution is -0.138. The highest BCUT2D eigenvalue weighted by Gasteiger charge is 2.36. The molecule has 0 radical (unpaired) electrons. The number of thioether (sulfide) groups is 1. The van der Waals surface area contributed by atoms with Crippen molar-refractivity contribution in [3.05, 3.63) is 124 Å². The van der Waals surface area contributed by atoms with Gasteiger partial charge in [0.2, 0.25) is 5.91 Å². The number of ether oxygens (including phenoxy) is 3. The zero-order chi connectivity index (χ0) is 30.8. The van der Waals surface area contributed by atoms with Crippen LogP contribution in [0.15, 0.2) is 107 Å². The third kappa shape index (κ3) is 7.87. The van der Waals surface area contributed by atoms with Crippen molar-refractivity contribution in [1.29, 1.82) is 5.26 Å². The first-order valence-corrected chi connectivity index (χ1v) is 14.6. The standard InChI is InChI=1S/C34H33N3O5S/c1-5-17-41-34(39)31-23(3)36-33(43-21-30(38)37-26-14-11-22(2)12-15-26)27(19-35)32(31)25-13-16-28(29(18-25)40-4)42-20-24-9-7-6-8-10-24/h5-16,18,32,36H,1,17,20-21H2,2-4H3,(H,37,38). The summed E-state index contributed by atoms with van der Waals surface area (Å²) in [5, 5.41) is 16.9. The van der Waals surface area contributed by atoms with E-state index >= 15 is 0 Å². The van der Waals surface area contributed by atoms with Gasteiger partial charge in [-0.1, -0.05) is 78.5 Å². The summed E-state index contributed by atoms with van der Waals surface area (Å²) in [6.07, 6.45) is 1.48. The second-order valence-electron chi connectivity index (χ2n) is 9.73. The van der Waals surface area contributed by atoms with E-state index in [2.05, 4.69) is 23.3 Å². The summed E-state index contributed by atoms with van der Waals surface area (Å²) < 4.78 is 17.1. The van der Waals surface area contributed by atoms with Gasteiger partial charge in [-0.15, -0.1) is 0 Å². The fraction of sp³-hybridized carbons (Fsp3) is 0.206. The minimum absolute atomic E-state index is 0.0182. The molecule has 1 atom stereocenters. The summed E-state index contributed by atoms with van der Waals surface area (Å²) in [6, 6.07) is 24.8. The molecule has 0 saturated carbocycles. The largest absolute Gasteiger partial charge is 0.493 e. The lowest BCUT2D eigenvalue weighted by Gasteiger charge is -2.29. The van der Waals surface area contributed by atoms with Crippen LogP contribution in [0.4, 0.5) is 5.69 Å². The molecule has 1 aliphatic rings. The van der Waals surface area contributed by atoms with Crippen molar-refractivity contribution in [2.75, 3.05) is 24.8 Å². The lowest BCUT2D eigenvalue weighted by Crippen LogP contribution is -2.29. The average Bonchev–Trinajstić information content (AvgIpc) is 3.02. The number of aryl methyl sites for hydroxylation is 1. The summed E-state index contributed by atoms with van der Waals surface area (Å²) in [7, 11) is 1.53. The molecule has 8 nitrogen and oxygen atoms in total. The SMILES string of the molecule is C=CCOC(=O)C1=C(C)NC(SCC(=O)Nc2ccc(C)cc2)=C(C#N)C1c1ccc(OCc2ccccc2)c(OC)c1. The van der Waals surface area contributed by atoms with Gasteiger partial charge < -0.3 is 24.8 Å². The zero-order valence-electron chi connectivity index (χ0n) is 24.3. The van der Waals surface area contributed by atoms with Crippen LogP contribution in [0.3, 0.4) is 0 Å². The first-order chi connectivity index (χ1) is 20.8. The van der Waals surface area contributed by atoms with Crippen LogP contribution in [0.1, 0.15) is 29.5 Å². The number of nitrogens with zero attached hydrogens (tertiary/aromatic N) is 1. The molecular formula is C34H33N3O5S. The van der Waals surface area contributed by atoms with Crippen molar-refractivity contribution in [2.45, 2.75) is 26.4 Å². The number of nitrogens with one attached hydrogen (secondary N) is 2. The number of anilines is 1. The van der Waals surface area contributed by atoms with E-state index in [4.69, 9.17) is 14.2 Å². The highest BCUT2D eigenvalue weighted by Crippen LogP contribution is 2.43. The smallest absolute Gasteiger partial charge is 0.337 e. The van der Waals surface area contributed by atoms with E-state index in [-0.39, 0.29) is 29.4 Å². The molecule has 43 heavy (non-hydrogen) atoms. The highest BCUT2D eigenvalue weighted by atomic mass is 32.2. The molecule has 0 bridgehead atoms. The average molecular weight is 596 g/mol. The number of hydrogen-bond acceptors (Lipinski definition) is 8. The Morgan fingerprint density at radius 1 is 1.07 bits per heavy atom. The molecule has 0 spiro atoms. The van der Waals surface area contributed by atoms with Crippen molar-refractivity contribution < 1.29 is 23.8 Å². The Morgan fingerprint density at radius 3 is 2.49 bits per heavy atom. The van der Waals surface area contributed by atoms with Crippen LogP contribution in [-0.4, -0.2) is 31.3 Å². The van der Waals surface area contributed by atoms with E-state index in [0.717, 1.165) is 11.1 Å². The number of amides is 1. The second kappa shape index (κ2) is 14.8. The van der Waals surface area contributed by atoms with Gasteiger partial charge in [0.25, 0.3) is 0 Å². The number of allylic oxidation sites excluding steroid dienone is 2. The number of nitriles is 1. The summed E-state index contributed by atoms with van der Waals surface area (Å²) in [6.45, 7) is 7.70. The van der Waals surface area contributed by atoms with Crippen LogP contribution in [0.25, 0.3) is 0 Å². The second-order valence-corrected chi connectivity index (χ2v) is 10.7. The summed E-state index contributed by atoms with van der Waals surface area (Å²) in [5.74, 6) is -0.558. The number of carbonyl (C=O) groups excluding carboxylic acids is 2. The minimum atomic E-state index is -0.775. The Bertz CT molecular complexity index is 1590. The van der Waals surface area contributed by atoms with Gasteiger partial charge in [-0.05, 0) is 49.2 Å². The van der Waals surface area contributed by atoms with E-state index in [1.807, 2.05) is 61.5 Å². The van der Waals surface area contributed by atoms with E-state index in [0.29, 0.717) is 40.1 Å². The van der Waals surface area contributed by atoms with Crippen molar-refractivity contribution in [1.82, 2.24) is 5.32 Å². The number of dihydropyridines is 1. The Balaban J connectivity index is 1.64. The molecule has 0 aliphatic carbocycles. The number of hydrogen-bond donors (Lipinski definition) is 2. The van der Waals surface area contributed by atoms with Crippen LogP contribution in [0.2, 0.25) is 0 Å². The van der Waals surface area contributed by atoms with Crippen LogP contribution in [-0.2, 0) is 20.9 Å². The van der Waals surface area contributed by atoms with Gasteiger partial charge in [-0.2, -0.15) is 5.26 Å². The molecule has 3 aromatic rings. The van der Waals surface area contributed by atoms with Crippen LogP contribution >= 0.6 is 11.8 Å². The molecule has 9 heteroatoms. The molecule has 1 unspecified atom stereocenters. The predicted octanol–water partition coefficient (Wildman–Crippen LogP) is 6.38. The minimum Gasteiger partial charge on any atom is -0.493 e. The van der Waals surface area contributed by atoms with Gasteiger partial charge in [-0.25, -0.2) is 4.79 Å². The van der Waals surface area contributed by atoms with Crippen molar-refractivity contribution >= 4 is 29.3 Å². The van der Waals surface area contributed by atoms with Crippen molar-refractivity contribution in [2.24, 2.45) is 0 Å². The molecule has 3 aromatic carbocycles. The van der Waals surface area contributed by atoms with E-state index in [1.54, 1.807) is 25.1 Å². The zero-order valence-corrected chi connectivity index (χ0v) is 25.1. The van der Waals surface area contributed by atoms with Crippen LogP contribution in [0.5, 0.6) is 11.5 Å². The van der Waals surface area contributed by atoms with Gasteiger partial charge in [0, 0.05) is 11.4 Å². The summed E-state index contributed by atoms with van der Waals surface area (Å²) in [4.78, 5) is 26.0. The summed E-state index contributed by atoms with van der Waals surface area (Å²) >= 11 is 1.19. The highest BCUT2D eigenvalue weighted by molar-refractivity contribution is 8.03. The molecule has 1 amide bonds. The van der Waals surface area contributed by atoms with Gasteiger partial charge in [0.1, 0.15) is 13.2 Å². The Kier molecular flexibility index (Phi) is 10.7. The number of carbonyl (C=O) groups is 2. The van der Waals surface area contributed by atoms with E-state index in [9.17, 15) is 14.9 Å². The van der Waals surface area contributed by atoms with Gasteiger partial charge >= 0.3 is 5.97 Å². The molecule has 0 saturated heterocycles. The number of benzene rings is 3. The third-order valence-electron chi connectivity index (χ3n) is 6.64. The Morgan fingerprint density at radius 2 is 1.81 bits per heavy atom. The molecule has 1 aliphatic heterocycles. The number of methoxy groups -OCH3 is 1. The fourth-order valence-electron chi connectivity index (χ4n) is 4.53. The molecule has 2 N–H and O–H groups in total. The first-order valence-electron chi connectivity index (χ1n) is 13.6. The lowest BCUT2D eigenvalue weighted by atomic mass is 9.82. The molecule has 4 rings (SSSR count). The van der Waals surface area contributed by atoms with Crippen LogP contribution < -0.4 is 20.1 Å². The molecule has 1 heterocycles. The normalized spacial score (nSPS) is 14.3. The first kappa shape index (κ1) is 31.0. The van der Waals surface area contributed by atoms with Gasteiger partial charge in [0.15, 0.2) is 11.5 Å². The Labute approximate surface area is 256 Å². The number of rotatable bonds is 12. The molecule has 0 aromatic heterocycles. The van der Waals surface area contributed by atoms with E-state index in [1.165, 1.54) is 24.9 Å². The van der Waals surface area contributed by atoms with Gasteiger partial charge in [0.05, 0.1) is 41.0 Å². The quantitative estimate of drug-likeness (QED) is 0.183. The fourth-order valence-corrected chi connectivity index (χ4v) is 5.42. The predicted molar refractivity (Wildman–Crippen MR) is 168 cm³/mol. The molecule has 0 fully saturated rings. The maximum absolute atomic E-state index is 13.3.